The highest BCUT2D eigenvalue weighted by molar-refractivity contribution is 7.12. The standard InChI is InChI=1S/C16H23N5O3S/c1-15(2)13(11-7-6-10-25-11)20(23)16(21(15)24)9-5-3-4-8-12(16)18-19-14(17)22/h6-7,10,24H,3-5,8-9H2,1-2H3,(H3,17,19,22)/b18-12-/t16-/m0/s1. The molecule has 25 heavy (non-hydrogen) atoms. The molecule has 0 unspecified atom stereocenters. The number of rotatable bonds is 2. The van der Waals surface area contributed by atoms with Gasteiger partial charge >= 0.3 is 6.03 Å². The maximum atomic E-state index is 13.5. The van der Waals surface area contributed by atoms with Gasteiger partial charge in [-0.3, -0.25) is 0 Å². The fourth-order valence-electron chi connectivity index (χ4n) is 3.80. The zero-order valence-corrected chi connectivity index (χ0v) is 15.2. The quantitative estimate of drug-likeness (QED) is 0.423. The van der Waals surface area contributed by atoms with E-state index in [9.17, 15) is 15.2 Å². The van der Waals surface area contributed by atoms with Crippen molar-refractivity contribution >= 4 is 28.8 Å². The molecular formula is C16H23N5O3S. The minimum atomic E-state index is -1.33. The molecule has 136 valence electrons. The molecule has 1 aliphatic heterocycles. The smallest absolute Gasteiger partial charge is 0.332 e. The Bertz CT molecular complexity index is 728. The predicted octanol–water partition coefficient (Wildman–Crippen LogP) is 2.22. The van der Waals surface area contributed by atoms with Gasteiger partial charge in [-0.25, -0.2) is 10.2 Å². The molecule has 1 aromatic heterocycles. The van der Waals surface area contributed by atoms with Crippen LogP contribution in [0.2, 0.25) is 0 Å². The van der Waals surface area contributed by atoms with Crippen molar-refractivity contribution in [3.63, 3.8) is 0 Å². The number of carbonyl (C=O) groups excluding carboxylic acids is 1. The number of urea groups is 1. The fourth-order valence-corrected chi connectivity index (χ4v) is 4.70. The van der Waals surface area contributed by atoms with Crippen LogP contribution in [-0.4, -0.2) is 43.7 Å². The minimum Gasteiger partial charge on any atom is -0.622 e. The van der Waals surface area contributed by atoms with E-state index in [1.54, 1.807) is 0 Å². The molecule has 1 fully saturated rings. The van der Waals surface area contributed by atoms with Crippen molar-refractivity contribution in [3.8, 4) is 0 Å². The Morgan fingerprint density at radius 1 is 1.48 bits per heavy atom. The van der Waals surface area contributed by atoms with Gasteiger partial charge in [-0.05, 0) is 44.6 Å². The van der Waals surface area contributed by atoms with Gasteiger partial charge in [-0.1, -0.05) is 12.5 Å². The summed E-state index contributed by atoms with van der Waals surface area (Å²) < 4.78 is 0.881. The van der Waals surface area contributed by atoms with Gasteiger partial charge in [0.1, 0.15) is 11.3 Å². The Morgan fingerprint density at radius 3 is 2.88 bits per heavy atom. The Labute approximate surface area is 150 Å². The summed E-state index contributed by atoms with van der Waals surface area (Å²) in [5.74, 6) is 0. The molecule has 0 saturated heterocycles. The lowest BCUT2D eigenvalue weighted by atomic mass is 9.94. The maximum absolute atomic E-state index is 13.5. The number of hydrazone groups is 1. The van der Waals surface area contributed by atoms with E-state index in [4.69, 9.17) is 5.73 Å². The number of nitrogens with zero attached hydrogens (tertiary/aromatic N) is 3. The molecule has 1 aliphatic carbocycles. The molecule has 1 saturated carbocycles. The number of thiophene rings is 1. The number of hydrogen-bond donors (Lipinski definition) is 3. The van der Waals surface area contributed by atoms with Crippen LogP contribution in [0.3, 0.4) is 0 Å². The predicted molar refractivity (Wildman–Crippen MR) is 95.7 cm³/mol. The second-order valence-corrected chi connectivity index (χ2v) is 7.85. The molecule has 2 amide bonds. The van der Waals surface area contributed by atoms with Crippen molar-refractivity contribution in [2.75, 3.05) is 0 Å². The Balaban J connectivity index is 2.19. The zero-order chi connectivity index (χ0) is 18.2. The van der Waals surface area contributed by atoms with Gasteiger partial charge < -0.3 is 16.1 Å². The molecule has 0 aromatic carbocycles. The number of carbonyl (C=O) groups is 1. The number of hydroxylamine groups is 3. The number of hydrogen-bond acceptors (Lipinski definition) is 6. The van der Waals surface area contributed by atoms with E-state index in [0.29, 0.717) is 24.3 Å². The zero-order valence-electron chi connectivity index (χ0n) is 14.4. The second kappa shape index (κ2) is 6.40. The van der Waals surface area contributed by atoms with Crippen molar-refractivity contribution in [2.45, 2.75) is 57.2 Å². The highest BCUT2D eigenvalue weighted by Gasteiger charge is 2.65. The highest BCUT2D eigenvalue weighted by atomic mass is 32.1. The largest absolute Gasteiger partial charge is 0.622 e. The summed E-state index contributed by atoms with van der Waals surface area (Å²) >= 11 is 1.45. The average Bonchev–Trinajstić information content (AvgIpc) is 3.02. The molecule has 3 rings (SSSR count). The molecule has 2 heterocycles. The summed E-state index contributed by atoms with van der Waals surface area (Å²) in [6.45, 7) is 3.62. The monoisotopic (exact) mass is 365 g/mol. The van der Waals surface area contributed by atoms with Gasteiger partial charge in [0.15, 0.2) is 0 Å². The van der Waals surface area contributed by atoms with E-state index in [1.165, 1.54) is 11.3 Å². The molecule has 0 radical (unpaired) electrons. The summed E-state index contributed by atoms with van der Waals surface area (Å²) in [6.07, 6.45) is 3.46. The van der Waals surface area contributed by atoms with Crippen LogP contribution in [0.15, 0.2) is 22.6 Å². The highest BCUT2D eigenvalue weighted by Crippen LogP contribution is 2.42. The summed E-state index contributed by atoms with van der Waals surface area (Å²) in [4.78, 5) is 11.9. The molecule has 2 aliphatic rings. The second-order valence-electron chi connectivity index (χ2n) is 6.90. The molecular weight excluding hydrogens is 342 g/mol. The minimum absolute atomic E-state index is 0.421. The van der Waals surface area contributed by atoms with Crippen molar-refractivity contribution in [3.05, 3.63) is 27.6 Å². The summed E-state index contributed by atoms with van der Waals surface area (Å²) in [5.41, 5.74) is 6.06. The Morgan fingerprint density at radius 2 is 2.24 bits per heavy atom. The van der Waals surface area contributed by atoms with Crippen LogP contribution < -0.4 is 11.2 Å². The van der Waals surface area contributed by atoms with E-state index < -0.39 is 17.2 Å². The molecule has 0 bridgehead atoms. The normalized spacial score (nSPS) is 28.5. The summed E-state index contributed by atoms with van der Waals surface area (Å²) in [7, 11) is 0. The van der Waals surface area contributed by atoms with Gasteiger partial charge in [0.05, 0.1) is 4.88 Å². The Kier molecular flexibility index (Phi) is 4.56. The molecule has 9 heteroatoms. The SMILES string of the molecule is CC1(C)C(c2cccs2)=[N+]([O-])[C@@]2(CCCCC/C2=N/NC(N)=O)N1O. The lowest BCUT2D eigenvalue weighted by molar-refractivity contribution is -0.567. The van der Waals surface area contributed by atoms with Crippen LogP contribution in [0, 0.1) is 5.21 Å². The van der Waals surface area contributed by atoms with Gasteiger partial charge in [-0.15, -0.1) is 16.4 Å². The van der Waals surface area contributed by atoms with Crippen molar-refractivity contribution < 1.29 is 14.7 Å². The van der Waals surface area contributed by atoms with E-state index >= 15 is 0 Å². The van der Waals surface area contributed by atoms with E-state index in [1.807, 2.05) is 31.4 Å². The molecule has 1 spiro atoms. The van der Waals surface area contributed by atoms with E-state index in [-0.39, 0.29) is 0 Å². The van der Waals surface area contributed by atoms with Crippen LogP contribution in [0.1, 0.15) is 50.8 Å². The lowest BCUT2D eigenvalue weighted by Gasteiger charge is -2.35. The molecule has 4 N–H and O–H groups in total. The van der Waals surface area contributed by atoms with Gasteiger partial charge in [0, 0.05) is 6.42 Å². The first kappa shape index (κ1) is 17.8. The van der Waals surface area contributed by atoms with Crippen LogP contribution in [0.4, 0.5) is 4.79 Å². The van der Waals surface area contributed by atoms with Crippen LogP contribution >= 0.6 is 11.3 Å². The van der Waals surface area contributed by atoms with E-state index in [0.717, 1.165) is 33.9 Å². The lowest BCUT2D eigenvalue weighted by Crippen LogP contribution is -2.59. The third kappa shape index (κ3) is 2.72. The van der Waals surface area contributed by atoms with Crippen LogP contribution in [0.25, 0.3) is 0 Å². The van der Waals surface area contributed by atoms with Gasteiger partial charge in [0.25, 0.3) is 5.66 Å². The first-order chi connectivity index (χ1) is 11.8. The first-order valence-corrected chi connectivity index (χ1v) is 9.20. The number of amides is 2. The maximum Gasteiger partial charge on any atom is 0.332 e. The fraction of sp³-hybridized carbons (Fsp3) is 0.562. The Hall–Kier alpha value is -1.97. The summed E-state index contributed by atoms with van der Waals surface area (Å²) in [5, 5.41) is 31.7. The third-order valence-corrected chi connectivity index (χ3v) is 5.83. The summed E-state index contributed by atoms with van der Waals surface area (Å²) in [6, 6.07) is 2.95. The first-order valence-electron chi connectivity index (χ1n) is 8.32. The van der Waals surface area contributed by atoms with Crippen LogP contribution in [-0.2, 0) is 0 Å². The third-order valence-electron chi connectivity index (χ3n) is 4.96. The van der Waals surface area contributed by atoms with Gasteiger partial charge in [-0.2, -0.15) is 9.84 Å². The van der Waals surface area contributed by atoms with Crippen molar-refractivity contribution in [1.82, 2.24) is 10.5 Å². The number of nitrogens with two attached hydrogens (primary N) is 1. The topological polar surface area (TPSA) is 117 Å². The molecule has 1 atom stereocenters. The van der Waals surface area contributed by atoms with E-state index in [2.05, 4.69) is 10.5 Å². The molecule has 1 aromatic rings. The molecule has 8 nitrogen and oxygen atoms in total. The van der Waals surface area contributed by atoms with Crippen molar-refractivity contribution in [2.24, 2.45) is 10.8 Å². The van der Waals surface area contributed by atoms with Gasteiger partial charge in [0.2, 0.25) is 5.71 Å². The van der Waals surface area contributed by atoms with Crippen molar-refractivity contribution in [1.29, 1.82) is 0 Å². The van der Waals surface area contributed by atoms with Crippen LogP contribution in [0.5, 0.6) is 0 Å². The number of nitrogens with one attached hydrogen (secondary N) is 1. The number of primary amides is 1. The average molecular weight is 365 g/mol.